The second-order valence-electron chi connectivity index (χ2n) is 7.52. The van der Waals surface area contributed by atoms with Gasteiger partial charge < -0.3 is 14.7 Å². The molecule has 1 aliphatic rings. The van der Waals surface area contributed by atoms with Gasteiger partial charge >= 0.3 is 0 Å². The zero-order valence-corrected chi connectivity index (χ0v) is 15.8. The zero-order valence-electron chi connectivity index (χ0n) is 15.1. The number of ether oxygens (including phenoxy) is 1. The Morgan fingerprint density at radius 2 is 2.08 bits per heavy atom. The minimum absolute atomic E-state index is 0.0457. The number of methoxy groups -OCH3 is 1. The molecule has 0 amide bonds. The van der Waals surface area contributed by atoms with E-state index >= 15 is 0 Å². The Bertz CT molecular complexity index is 766. The fraction of sp³-hybridized carbons (Fsp3) is 0.500. The normalized spacial score (nSPS) is 18.8. The summed E-state index contributed by atoms with van der Waals surface area (Å²) in [5.41, 5.74) is 2.23. The number of rotatable bonds is 3. The highest BCUT2D eigenvalue weighted by atomic mass is 35.5. The number of alkyl halides is 1. The van der Waals surface area contributed by atoms with Crippen molar-refractivity contribution in [2.45, 2.75) is 50.9 Å². The summed E-state index contributed by atoms with van der Waals surface area (Å²) in [6.07, 6.45) is 0.904. The summed E-state index contributed by atoms with van der Waals surface area (Å²) in [6.45, 7) is 9.56. The lowest BCUT2D eigenvalue weighted by molar-refractivity contribution is 0.419. The molecule has 0 aromatic heterocycles. The average molecular weight is 348 g/mol. The van der Waals surface area contributed by atoms with E-state index in [1.54, 1.807) is 7.11 Å². The van der Waals surface area contributed by atoms with Crippen molar-refractivity contribution in [2.24, 2.45) is 0 Å². The third kappa shape index (κ3) is 2.59. The lowest BCUT2D eigenvalue weighted by Crippen LogP contribution is -2.41. The molecule has 0 saturated heterocycles. The number of anilines is 1. The molecule has 0 spiro atoms. The van der Waals surface area contributed by atoms with Gasteiger partial charge in [0.2, 0.25) is 0 Å². The molecule has 2 aromatic rings. The van der Waals surface area contributed by atoms with Gasteiger partial charge in [-0.25, -0.2) is 0 Å². The van der Waals surface area contributed by atoms with Crippen molar-refractivity contribution >= 4 is 28.1 Å². The van der Waals surface area contributed by atoms with Crippen LogP contribution in [0, 0.1) is 0 Å². The topological polar surface area (TPSA) is 32.7 Å². The SMILES string of the molecule is CCC(Cl)C1CN(C(C)(C)C)c2cc(O)c3cccc(OC)c3c21. The van der Waals surface area contributed by atoms with Crippen LogP contribution in [0.5, 0.6) is 11.5 Å². The number of hydrogen-bond donors (Lipinski definition) is 1. The summed E-state index contributed by atoms with van der Waals surface area (Å²) in [6, 6.07) is 7.70. The van der Waals surface area contributed by atoms with Crippen LogP contribution < -0.4 is 9.64 Å². The van der Waals surface area contributed by atoms with Crippen LogP contribution in [0.25, 0.3) is 10.8 Å². The Labute approximate surface area is 149 Å². The summed E-state index contributed by atoms with van der Waals surface area (Å²) in [4.78, 5) is 2.35. The van der Waals surface area contributed by atoms with E-state index in [9.17, 15) is 5.11 Å². The molecule has 4 heteroatoms. The molecule has 1 aliphatic heterocycles. The molecule has 2 unspecified atom stereocenters. The molecule has 0 radical (unpaired) electrons. The van der Waals surface area contributed by atoms with Gasteiger partial charge in [0.25, 0.3) is 0 Å². The number of phenols is 1. The standard InChI is InChI=1S/C20H26ClNO2/c1-6-14(21)13-11-22(20(2,3)4)15-10-16(23)12-8-7-9-17(24-5)19(12)18(13)15/h7-10,13-14,23H,6,11H2,1-5H3. The van der Waals surface area contributed by atoms with Gasteiger partial charge in [-0.1, -0.05) is 19.1 Å². The Balaban J connectivity index is 2.37. The van der Waals surface area contributed by atoms with Crippen LogP contribution in [0.4, 0.5) is 5.69 Å². The second-order valence-corrected chi connectivity index (χ2v) is 8.08. The predicted octanol–water partition coefficient (Wildman–Crippen LogP) is 5.27. The van der Waals surface area contributed by atoms with Crippen LogP contribution in [0.3, 0.4) is 0 Å². The molecule has 1 heterocycles. The van der Waals surface area contributed by atoms with E-state index in [-0.39, 0.29) is 16.8 Å². The fourth-order valence-electron chi connectivity index (χ4n) is 3.81. The second kappa shape index (κ2) is 6.03. The molecule has 1 N–H and O–H groups in total. The first-order valence-corrected chi connectivity index (χ1v) is 8.97. The highest BCUT2D eigenvalue weighted by molar-refractivity contribution is 6.21. The van der Waals surface area contributed by atoms with Gasteiger partial charge in [-0.15, -0.1) is 11.6 Å². The maximum absolute atomic E-state index is 10.6. The van der Waals surface area contributed by atoms with Gasteiger partial charge in [-0.05, 0) is 38.8 Å². The monoisotopic (exact) mass is 347 g/mol. The number of halogens is 1. The van der Waals surface area contributed by atoms with E-state index in [1.165, 1.54) is 5.56 Å². The first-order valence-electron chi connectivity index (χ1n) is 8.53. The van der Waals surface area contributed by atoms with E-state index in [0.29, 0.717) is 5.75 Å². The highest BCUT2D eigenvalue weighted by Crippen LogP contribution is 2.51. The van der Waals surface area contributed by atoms with E-state index in [2.05, 4.69) is 32.6 Å². The lowest BCUT2D eigenvalue weighted by Gasteiger charge is -2.35. The molecule has 3 rings (SSSR count). The van der Waals surface area contributed by atoms with E-state index in [1.807, 2.05) is 24.3 Å². The van der Waals surface area contributed by atoms with Crippen molar-refractivity contribution in [1.82, 2.24) is 0 Å². The summed E-state index contributed by atoms with van der Waals surface area (Å²) in [5.74, 6) is 1.30. The molecule has 2 atom stereocenters. The number of benzene rings is 2. The van der Waals surface area contributed by atoms with Gasteiger partial charge in [-0.2, -0.15) is 0 Å². The summed E-state index contributed by atoms with van der Waals surface area (Å²) in [7, 11) is 1.68. The molecular weight excluding hydrogens is 322 g/mol. The average Bonchev–Trinajstić information content (AvgIpc) is 2.93. The van der Waals surface area contributed by atoms with Gasteiger partial charge in [0.1, 0.15) is 11.5 Å². The van der Waals surface area contributed by atoms with Crippen LogP contribution in [0.2, 0.25) is 0 Å². The van der Waals surface area contributed by atoms with Crippen LogP contribution in [0.15, 0.2) is 24.3 Å². The third-order valence-electron chi connectivity index (χ3n) is 5.02. The van der Waals surface area contributed by atoms with E-state index in [4.69, 9.17) is 16.3 Å². The van der Waals surface area contributed by atoms with Crippen LogP contribution in [-0.2, 0) is 0 Å². The van der Waals surface area contributed by atoms with Gasteiger partial charge in [-0.3, -0.25) is 0 Å². The third-order valence-corrected chi connectivity index (χ3v) is 5.63. The van der Waals surface area contributed by atoms with E-state index < -0.39 is 0 Å². The molecule has 0 saturated carbocycles. The zero-order chi connectivity index (χ0) is 17.6. The lowest BCUT2D eigenvalue weighted by atomic mass is 9.90. The molecule has 0 bridgehead atoms. The van der Waals surface area contributed by atoms with Crippen LogP contribution >= 0.6 is 11.6 Å². The number of phenolic OH excluding ortho intramolecular Hbond substituents is 1. The number of nitrogens with zero attached hydrogens (tertiary/aromatic N) is 1. The Kier molecular flexibility index (Phi) is 4.33. The largest absolute Gasteiger partial charge is 0.507 e. The van der Waals surface area contributed by atoms with Crippen molar-refractivity contribution in [3.05, 3.63) is 29.8 Å². The van der Waals surface area contributed by atoms with Crippen molar-refractivity contribution in [1.29, 1.82) is 0 Å². The molecule has 2 aromatic carbocycles. The molecule has 24 heavy (non-hydrogen) atoms. The summed E-state index contributed by atoms with van der Waals surface area (Å²) >= 11 is 6.72. The smallest absolute Gasteiger partial charge is 0.127 e. The molecule has 3 nitrogen and oxygen atoms in total. The van der Waals surface area contributed by atoms with Crippen molar-refractivity contribution in [2.75, 3.05) is 18.6 Å². The van der Waals surface area contributed by atoms with Crippen molar-refractivity contribution < 1.29 is 9.84 Å². The summed E-state index contributed by atoms with van der Waals surface area (Å²) in [5, 5.41) is 12.5. The maximum atomic E-state index is 10.6. The molecule has 0 aliphatic carbocycles. The predicted molar refractivity (Wildman–Crippen MR) is 102 cm³/mol. The van der Waals surface area contributed by atoms with Gasteiger partial charge in [0.15, 0.2) is 0 Å². The highest BCUT2D eigenvalue weighted by Gasteiger charge is 2.39. The van der Waals surface area contributed by atoms with Gasteiger partial charge in [0, 0.05) is 45.9 Å². The first kappa shape index (κ1) is 17.2. The van der Waals surface area contributed by atoms with Crippen molar-refractivity contribution in [3.63, 3.8) is 0 Å². The van der Waals surface area contributed by atoms with Crippen molar-refractivity contribution in [3.8, 4) is 11.5 Å². The van der Waals surface area contributed by atoms with Crippen LogP contribution in [0.1, 0.15) is 45.6 Å². The van der Waals surface area contributed by atoms with Crippen LogP contribution in [-0.4, -0.2) is 29.7 Å². The number of fused-ring (bicyclic) bond motifs is 3. The summed E-state index contributed by atoms with van der Waals surface area (Å²) < 4.78 is 5.62. The Morgan fingerprint density at radius 1 is 1.38 bits per heavy atom. The number of hydrogen-bond acceptors (Lipinski definition) is 3. The molecular formula is C20H26ClNO2. The minimum Gasteiger partial charge on any atom is -0.507 e. The quantitative estimate of drug-likeness (QED) is 0.767. The Morgan fingerprint density at radius 3 is 2.67 bits per heavy atom. The first-order chi connectivity index (χ1) is 11.3. The van der Waals surface area contributed by atoms with E-state index in [0.717, 1.165) is 35.2 Å². The van der Waals surface area contributed by atoms with Gasteiger partial charge in [0.05, 0.1) is 7.11 Å². The Hall–Kier alpha value is -1.61. The molecule has 130 valence electrons. The number of aromatic hydroxyl groups is 1. The minimum atomic E-state index is -0.0457. The molecule has 0 fully saturated rings. The fourth-order valence-corrected chi connectivity index (χ4v) is 4.01. The maximum Gasteiger partial charge on any atom is 0.127 e.